The first-order valence-corrected chi connectivity index (χ1v) is 8.32. The normalized spacial score (nSPS) is 12.6. The molecule has 0 saturated carbocycles. The summed E-state index contributed by atoms with van der Waals surface area (Å²) >= 11 is 6.11. The SMILES string of the molecule is O=CC=C(c1ccccc1Cl)c1cc(OCC(F)(F)F)ccc1OCC(F)(F)F. The second-order valence-electron chi connectivity index (χ2n) is 5.66. The molecule has 0 aliphatic heterocycles. The van der Waals surface area contributed by atoms with Crippen LogP contribution in [0.4, 0.5) is 26.3 Å². The summed E-state index contributed by atoms with van der Waals surface area (Å²) in [5, 5.41) is 0.170. The minimum absolute atomic E-state index is 0.0558. The summed E-state index contributed by atoms with van der Waals surface area (Å²) in [5.41, 5.74) is 0.237. The molecule has 3 nitrogen and oxygen atoms in total. The zero-order valence-corrected chi connectivity index (χ0v) is 15.2. The maximum atomic E-state index is 12.6. The van der Waals surface area contributed by atoms with Gasteiger partial charge in [0.25, 0.3) is 0 Å². The predicted octanol–water partition coefficient (Wildman–Crippen LogP) is 5.85. The molecule has 2 rings (SSSR count). The van der Waals surface area contributed by atoms with Crippen LogP contribution in [0.1, 0.15) is 11.1 Å². The van der Waals surface area contributed by atoms with Crippen molar-refractivity contribution in [3.63, 3.8) is 0 Å². The molecule has 0 bridgehead atoms. The summed E-state index contributed by atoms with van der Waals surface area (Å²) in [6.45, 7) is -3.24. The van der Waals surface area contributed by atoms with E-state index in [1.165, 1.54) is 12.1 Å². The zero-order valence-electron chi connectivity index (χ0n) is 14.5. The predicted molar refractivity (Wildman–Crippen MR) is 94.1 cm³/mol. The molecule has 0 spiro atoms. The third kappa shape index (κ3) is 7.01. The average Bonchev–Trinajstić information content (AvgIpc) is 2.62. The van der Waals surface area contributed by atoms with Crippen molar-refractivity contribution in [2.75, 3.05) is 13.2 Å². The Morgan fingerprint density at radius 2 is 1.52 bits per heavy atom. The van der Waals surface area contributed by atoms with Crippen molar-refractivity contribution in [3.8, 4) is 11.5 Å². The van der Waals surface area contributed by atoms with Crippen molar-refractivity contribution < 1.29 is 40.6 Å². The Hall–Kier alpha value is -2.68. The van der Waals surface area contributed by atoms with E-state index >= 15 is 0 Å². The first kappa shape index (κ1) is 22.6. The largest absolute Gasteiger partial charge is 0.484 e. The molecule has 0 aromatic heterocycles. The first-order valence-electron chi connectivity index (χ1n) is 7.94. The molecule has 2 aromatic carbocycles. The van der Waals surface area contributed by atoms with Crippen LogP contribution in [0.5, 0.6) is 11.5 Å². The van der Waals surface area contributed by atoms with Gasteiger partial charge in [0.2, 0.25) is 0 Å². The topological polar surface area (TPSA) is 35.5 Å². The number of aldehydes is 1. The molecule has 0 atom stereocenters. The fourth-order valence-electron chi connectivity index (χ4n) is 2.33. The highest BCUT2D eigenvalue weighted by atomic mass is 35.5. The number of hydrogen-bond donors (Lipinski definition) is 0. The van der Waals surface area contributed by atoms with E-state index in [0.29, 0.717) is 6.29 Å². The van der Waals surface area contributed by atoms with E-state index in [1.54, 1.807) is 12.1 Å². The Kier molecular flexibility index (Phi) is 7.18. The Bertz CT molecular complexity index is 890. The van der Waals surface area contributed by atoms with Gasteiger partial charge in [-0.25, -0.2) is 0 Å². The van der Waals surface area contributed by atoms with Crippen LogP contribution in [0.25, 0.3) is 5.57 Å². The lowest BCUT2D eigenvalue weighted by molar-refractivity contribution is -0.154. The maximum Gasteiger partial charge on any atom is 0.422 e. The van der Waals surface area contributed by atoms with Gasteiger partial charge < -0.3 is 9.47 Å². The second kappa shape index (κ2) is 9.21. The summed E-state index contributed by atoms with van der Waals surface area (Å²) in [4.78, 5) is 11.1. The molecule has 0 aliphatic carbocycles. The average molecular weight is 439 g/mol. The minimum Gasteiger partial charge on any atom is -0.484 e. The van der Waals surface area contributed by atoms with Gasteiger partial charge in [-0.3, -0.25) is 4.79 Å². The molecule has 0 saturated heterocycles. The lowest BCUT2D eigenvalue weighted by Gasteiger charge is -2.18. The maximum absolute atomic E-state index is 12.6. The van der Waals surface area contributed by atoms with Crippen molar-refractivity contribution in [2.45, 2.75) is 12.4 Å². The standard InChI is InChI=1S/C19H13ClF6O3/c20-16-4-2-1-3-14(16)13(7-8-27)15-9-12(28-10-18(21,22)23)5-6-17(15)29-11-19(24,25)26/h1-9H,10-11H2. The van der Waals surface area contributed by atoms with Crippen molar-refractivity contribution in [3.05, 3.63) is 64.7 Å². The third-order valence-corrected chi connectivity index (χ3v) is 3.76. The monoisotopic (exact) mass is 438 g/mol. The number of hydrogen-bond acceptors (Lipinski definition) is 3. The molecule has 0 amide bonds. The summed E-state index contributed by atoms with van der Waals surface area (Å²) < 4.78 is 84.4. The van der Waals surface area contributed by atoms with Crippen LogP contribution in [0, 0.1) is 0 Å². The van der Waals surface area contributed by atoms with Gasteiger partial charge in [-0.2, -0.15) is 26.3 Å². The Balaban J connectivity index is 2.54. The van der Waals surface area contributed by atoms with Crippen LogP contribution < -0.4 is 9.47 Å². The van der Waals surface area contributed by atoms with Crippen LogP contribution >= 0.6 is 11.6 Å². The van der Waals surface area contributed by atoms with E-state index in [2.05, 4.69) is 4.74 Å². The van der Waals surface area contributed by atoms with Crippen LogP contribution in [0.15, 0.2) is 48.5 Å². The van der Waals surface area contributed by atoms with Gasteiger partial charge in [0.1, 0.15) is 17.8 Å². The number of halogens is 7. The molecule has 0 aliphatic rings. The molecule has 0 heterocycles. The van der Waals surface area contributed by atoms with Crippen LogP contribution in [-0.2, 0) is 4.79 Å². The molecule has 10 heteroatoms. The zero-order chi connectivity index (χ0) is 21.7. The van der Waals surface area contributed by atoms with Gasteiger partial charge in [0.15, 0.2) is 13.2 Å². The third-order valence-electron chi connectivity index (χ3n) is 3.43. The number of carbonyl (C=O) groups is 1. The lowest BCUT2D eigenvalue weighted by Crippen LogP contribution is -2.20. The van der Waals surface area contributed by atoms with Gasteiger partial charge in [0.05, 0.1) is 0 Å². The first-order chi connectivity index (χ1) is 13.5. The minimum atomic E-state index is -4.65. The van der Waals surface area contributed by atoms with E-state index in [4.69, 9.17) is 16.3 Å². The molecule has 0 N–H and O–H groups in total. The second-order valence-corrected chi connectivity index (χ2v) is 6.07. The summed E-state index contributed by atoms with van der Waals surface area (Å²) in [6.07, 6.45) is -7.88. The number of allylic oxidation sites excluding steroid dienone is 1. The molecule has 156 valence electrons. The fraction of sp³-hybridized carbons (Fsp3) is 0.211. The Morgan fingerprint density at radius 1 is 0.897 bits per heavy atom. The van der Waals surface area contributed by atoms with Crippen LogP contribution in [0.2, 0.25) is 5.02 Å². The number of carbonyl (C=O) groups excluding carboxylic acids is 1. The van der Waals surface area contributed by atoms with Crippen molar-refractivity contribution in [2.24, 2.45) is 0 Å². The molecule has 0 fully saturated rings. The van der Waals surface area contributed by atoms with E-state index in [-0.39, 0.29) is 33.2 Å². The van der Waals surface area contributed by atoms with E-state index < -0.39 is 25.6 Å². The highest BCUT2D eigenvalue weighted by Crippen LogP contribution is 2.37. The van der Waals surface area contributed by atoms with Gasteiger partial charge in [-0.1, -0.05) is 29.8 Å². The number of ether oxygens (including phenoxy) is 2. The summed E-state index contributed by atoms with van der Waals surface area (Å²) in [6, 6.07) is 9.25. The smallest absolute Gasteiger partial charge is 0.422 e. The molecule has 0 radical (unpaired) electrons. The Morgan fingerprint density at radius 3 is 2.10 bits per heavy atom. The van der Waals surface area contributed by atoms with Gasteiger partial charge in [-0.05, 0) is 35.9 Å². The van der Waals surface area contributed by atoms with Crippen LogP contribution in [-0.4, -0.2) is 31.9 Å². The van der Waals surface area contributed by atoms with Gasteiger partial charge in [-0.15, -0.1) is 0 Å². The van der Waals surface area contributed by atoms with Crippen molar-refractivity contribution >= 4 is 23.5 Å². The number of alkyl halides is 6. The van der Waals surface area contributed by atoms with Gasteiger partial charge >= 0.3 is 12.4 Å². The molecular formula is C19H13ClF6O3. The fourth-order valence-corrected chi connectivity index (χ4v) is 2.57. The highest BCUT2D eigenvalue weighted by molar-refractivity contribution is 6.32. The van der Waals surface area contributed by atoms with E-state index in [9.17, 15) is 31.1 Å². The van der Waals surface area contributed by atoms with E-state index in [1.807, 2.05) is 0 Å². The quantitative estimate of drug-likeness (QED) is 0.309. The number of benzene rings is 2. The molecular weight excluding hydrogens is 426 g/mol. The van der Waals surface area contributed by atoms with Gasteiger partial charge in [0, 0.05) is 16.1 Å². The number of rotatable bonds is 7. The van der Waals surface area contributed by atoms with E-state index in [0.717, 1.165) is 24.3 Å². The highest BCUT2D eigenvalue weighted by Gasteiger charge is 2.30. The lowest BCUT2D eigenvalue weighted by atomic mass is 9.96. The van der Waals surface area contributed by atoms with Crippen LogP contribution in [0.3, 0.4) is 0 Å². The summed E-state index contributed by atoms with van der Waals surface area (Å²) in [7, 11) is 0. The molecule has 29 heavy (non-hydrogen) atoms. The van der Waals surface area contributed by atoms with Crippen molar-refractivity contribution in [1.29, 1.82) is 0 Å². The van der Waals surface area contributed by atoms with Crippen molar-refractivity contribution in [1.82, 2.24) is 0 Å². The summed E-state index contributed by atoms with van der Waals surface area (Å²) in [5.74, 6) is -0.588. The Labute approximate surface area is 166 Å². The molecule has 0 unspecified atom stereocenters. The molecule has 2 aromatic rings.